The van der Waals surface area contributed by atoms with E-state index < -0.39 is 0 Å². The van der Waals surface area contributed by atoms with Gasteiger partial charge in [0.15, 0.2) is 0 Å². The fraction of sp³-hybridized carbons (Fsp3) is 0.273. The van der Waals surface area contributed by atoms with Gasteiger partial charge in [0, 0.05) is 5.02 Å². The quantitative estimate of drug-likeness (QED) is 0.788. The first-order valence-corrected chi connectivity index (χ1v) is 4.66. The zero-order valence-electron chi connectivity index (χ0n) is 7.57. The third-order valence-corrected chi connectivity index (χ3v) is 1.91. The maximum absolute atomic E-state index is 9.00. The molecule has 0 saturated heterocycles. The summed E-state index contributed by atoms with van der Waals surface area (Å²) in [5.74, 6) is 0. The van der Waals surface area contributed by atoms with E-state index in [9.17, 15) is 0 Å². The standard InChI is InChI=1S/C11H13ClO/c1-9(13)3-2-4-10-5-7-11(12)8-6-10/h2,4-9,13H,3H2,1H3/b4-2+. The predicted molar refractivity (Wildman–Crippen MR) is 56.8 cm³/mol. The summed E-state index contributed by atoms with van der Waals surface area (Å²) in [7, 11) is 0. The lowest BCUT2D eigenvalue weighted by molar-refractivity contribution is 0.199. The molecular formula is C11H13ClO. The summed E-state index contributed by atoms with van der Waals surface area (Å²) in [4.78, 5) is 0. The minimum atomic E-state index is -0.274. The van der Waals surface area contributed by atoms with E-state index in [0.717, 1.165) is 10.6 Å². The van der Waals surface area contributed by atoms with Crippen LogP contribution in [-0.2, 0) is 0 Å². The molecule has 1 atom stereocenters. The maximum atomic E-state index is 9.00. The van der Waals surface area contributed by atoms with Crippen LogP contribution in [0.3, 0.4) is 0 Å². The Labute approximate surface area is 83.7 Å². The van der Waals surface area contributed by atoms with E-state index in [2.05, 4.69) is 0 Å². The first-order chi connectivity index (χ1) is 6.18. The Hall–Kier alpha value is -0.790. The fourth-order valence-corrected chi connectivity index (χ4v) is 1.10. The second-order valence-electron chi connectivity index (χ2n) is 3.04. The number of benzene rings is 1. The van der Waals surface area contributed by atoms with Crippen molar-refractivity contribution in [2.45, 2.75) is 19.4 Å². The lowest BCUT2D eigenvalue weighted by Gasteiger charge is -1.97. The minimum absolute atomic E-state index is 0.274. The zero-order valence-corrected chi connectivity index (χ0v) is 8.33. The highest BCUT2D eigenvalue weighted by molar-refractivity contribution is 6.30. The molecule has 0 aliphatic heterocycles. The summed E-state index contributed by atoms with van der Waals surface area (Å²) in [6.07, 6.45) is 4.34. The van der Waals surface area contributed by atoms with Gasteiger partial charge in [-0.05, 0) is 31.0 Å². The first kappa shape index (κ1) is 10.3. The second kappa shape index (κ2) is 5.05. The van der Waals surface area contributed by atoms with Gasteiger partial charge in [0.25, 0.3) is 0 Å². The van der Waals surface area contributed by atoms with Crippen LogP contribution in [0.2, 0.25) is 5.02 Å². The van der Waals surface area contributed by atoms with E-state index in [1.807, 2.05) is 36.4 Å². The molecule has 0 aliphatic rings. The highest BCUT2D eigenvalue weighted by atomic mass is 35.5. The van der Waals surface area contributed by atoms with Gasteiger partial charge >= 0.3 is 0 Å². The molecule has 2 heteroatoms. The van der Waals surface area contributed by atoms with Gasteiger partial charge in [-0.25, -0.2) is 0 Å². The first-order valence-electron chi connectivity index (χ1n) is 4.28. The topological polar surface area (TPSA) is 20.2 Å². The number of hydrogen-bond acceptors (Lipinski definition) is 1. The molecule has 0 bridgehead atoms. The van der Waals surface area contributed by atoms with Crippen molar-refractivity contribution < 1.29 is 5.11 Å². The molecule has 0 fully saturated rings. The van der Waals surface area contributed by atoms with Gasteiger partial charge in [0.2, 0.25) is 0 Å². The van der Waals surface area contributed by atoms with E-state index in [0.29, 0.717) is 6.42 Å². The summed E-state index contributed by atoms with van der Waals surface area (Å²) >= 11 is 5.73. The zero-order chi connectivity index (χ0) is 9.68. The van der Waals surface area contributed by atoms with Crippen LogP contribution < -0.4 is 0 Å². The lowest BCUT2D eigenvalue weighted by atomic mass is 10.2. The van der Waals surface area contributed by atoms with Crippen molar-refractivity contribution in [1.82, 2.24) is 0 Å². The Morgan fingerprint density at radius 2 is 2.00 bits per heavy atom. The van der Waals surface area contributed by atoms with Gasteiger partial charge < -0.3 is 5.11 Å². The van der Waals surface area contributed by atoms with Gasteiger partial charge in [-0.3, -0.25) is 0 Å². The van der Waals surface area contributed by atoms with E-state index in [1.165, 1.54) is 0 Å². The molecule has 1 nitrogen and oxygen atoms in total. The molecule has 1 aromatic rings. The lowest BCUT2D eigenvalue weighted by Crippen LogP contribution is -1.94. The van der Waals surface area contributed by atoms with Gasteiger partial charge in [-0.1, -0.05) is 35.9 Å². The molecule has 1 aromatic carbocycles. The average molecular weight is 197 g/mol. The molecule has 1 N–H and O–H groups in total. The van der Waals surface area contributed by atoms with Crippen molar-refractivity contribution in [3.8, 4) is 0 Å². The van der Waals surface area contributed by atoms with Crippen molar-refractivity contribution in [3.63, 3.8) is 0 Å². The largest absolute Gasteiger partial charge is 0.393 e. The number of aliphatic hydroxyl groups is 1. The molecule has 70 valence electrons. The molecule has 0 aliphatic carbocycles. The number of hydrogen-bond donors (Lipinski definition) is 1. The van der Waals surface area contributed by atoms with Crippen molar-refractivity contribution in [2.75, 3.05) is 0 Å². The number of halogens is 1. The monoisotopic (exact) mass is 196 g/mol. The van der Waals surface area contributed by atoms with Crippen molar-refractivity contribution in [2.24, 2.45) is 0 Å². The Kier molecular flexibility index (Phi) is 4.00. The number of rotatable bonds is 3. The molecule has 0 aromatic heterocycles. The number of aliphatic hydroxyl groups excluding tert-OH is 1. The molecule has 13 heavy (non-hydrogen) atoms. The Morgan fingerprint density at radius 3 is 2.54 bits per heavy atom. The van der Waals surface area contributed by atoms with Crippen molar-refractivity contribution in [3.05, 3.63) is 40.9 Å². The van der Waals surface area contributed by atoms with Gasteiger partial charge in [0.1, 0.15) is 0 Å². The van der Waals surface area contributed by atoms with E-state index >= 15 is 0 Å². The maximum Gasteiger partial charge on any atom is 0.0546 e. The third kappa shape index (κ3) is 4.11. The molecule has 0 spiro atoms. The van der Waals surface area contributed by atoms with Gasteiger partial charge in [-0.2, -0.15) is 0 Å². The Balaban J connectivity index is 2.54. The van der Waals surface area contributed by atoms with Gasteiger partial charge in [-0.15, -0.1) is 0 Å². The molecule has 0 amide bonds. The molecule has 0 heterocycles. The molecule has 0 saturated carbocycles. The highest BCUT2D eigenvalue weighted by Gasteiger charge is 1.90. The van der Waals surface area contributed by atoms with Crippen LogP contribution in [0.15, 0.2) is 30.3 Å². The fourth-order valence-electron chi connectivity index (χ4n) is 0.975. The summed E-state index contributed by atoms with van der Waals surface area (Å²) in [6, 6.07) is 7.59. The van der Waals surface area contributed by atoms with Crippen LogP contribution in [0, 0.1) is 0 Å². The van der Waals surface area contributed by atoms with Crippen LogP contribution in [-0.4, -0.2) is 11.2 Å². The molecule has 1 rings (SSSR count). The van der Waals surface area contributed by atoms with Gasteiger partial charge in [0.05, 0.1) is 6.10 Å². The summed E-state index contributed by atoms with van der Waals surface area (Å²) in [5, 5.41) is 9.75. The average Bonchev–Trinajstić information content (AvgIpc) is 2.08. The van der Waals surface area contributed by atoms with E-state index in [4.69, 9.17) is 16.7 Å². The summed E-state index contributed by atoms with van der Waals surface area (Å²) in [6.45, 7) is 1.77. The molecule has 0 radical (unpaired) electrons. The summed E-state index contributed by atoms with van der Waals surface area (Å²) in [5.41, 5.74) is 1.10. The van der Waals surface area contributed by atoms with Crippen LogP contribution in [0.1, 0.15) is 18.9 Å². The van der Waals surface area contributed by atoms with Crippen molar-refractivity contribution in [1.29, 1.82) is 0 Å². The SMILES string of the molecule is CC(O)C/C=C/c1ccc(Cl)cc1. The minimum Gasteiger partial charge on any atom is -0.393 e. The predicted octanol–water partition coefficient (Wildman–Crippen LogP) is 3.12. The Bertz CT molecular complexity index is 275. The Morgan fingerprint density at radius 1 is 1.38 bits per heavy atom. The second-order valence-corrected chi connectivity index (χ2v) is 3.48. The van der Waals surface area contributed by atoms with Crippen LogP contribution in [0.5, 0.6) is 0 Å². The third-order valence-electron chi connectivity index (χ3n) is 1.66. The van der Waals surface area contributed by atoms with E-state index in [-0.39, 0.29) is 6.10 Å². The normalized spacial score (nSPS) is 13.5. The van der Waals surface area contributed by atoms with Crippen LogP contribution >= 0.6 is 11.6 Å². The van der Waals surface area contributed by atoms with E-state index in [1.54, 1.807) is 6.92 Å². The van der Waals surface area contributed by atoms with Crippen molar-refractivity contribution >= 4 is 17.7 Å². The van der Waals surface area contributed by atoms with Crippen LogP contribution in [0.25, 0.3) is 6.08 Å². The molecular weight excluding hydrogens is 184 g/mol. The van der Waals surface area contributed by atoms with Crippen LogP contribution in [0.4, 0.5) is 0 Å². The summed E-state index contributed by atoms with van der Waals surface area (Å²) < 4.78 is 0. The highest BCUT2D eigenvalue weighted by Crippen LogP contribution is 2.10. The smallest absolute Gasteiger partial charge is 0.0546 e. The molecule has 1 unspecified atom stereocenters.